The molecule has 1 heterocycles. The molecule has 1 aliphatic heterocycles. The average molecular weight is 161 g/mol. The monoisotopic (exact) mass is 161 g/mol. The lowest BCUT2D eigenvalue weighted by Gasteiger charge is -2.00. The zero-order chi connectivity index (χ0) is 8.39. The van der Waals surface area contributed by atoms with Gasteiger partial charge in [0.1, 0.15) is 5.75 Å². The number of hydrogen-bond acceptors (Lipinski definition) is 3. The highest BCUT2D eigenvalue weighted by Gasteiger charge is 2.20. The van der Waals surface area contributed by atoms with Gasteiger partial charge in [0, 0.05) is 6.42 Å². The number of carbonyl (C=O) groups excluding carboxylic acids is 1. The van der Waals surface area contributed by atoms with Gasteiger partial charge < -0.3 is 4.74 Å². The summed E-state index contributed by atoms with van der Waals surface area (Å²) >= 11 is 0. The van der Waals surface area contributed by atoms with Crippen LogP contribution in [0, 0.1) is 0 Å². The van der Waals surface area contributed by atoms with Crippen molar-refractivity contribution < 1.29 is 9.53 Å². The van der Waals surface area contributed by atoms with Crippen LogP contribution in [-0.4, -0.2) is 12.3 Å². The third-order valence-corrected chi connectivity index (χ3v) is 1.83. The largest absolute Gasteiger partial charge is 0.467 e. The zero-order valence-corrected chi connectivity index (χ0v) is 6.36. The second-order valence-electron chi connectivity index (χ2n) is 2.60. The zero-order valence-electron chi connectivity index (χ0n) is 6.36. The lowest BCUT2D eigenvalue weighted by molar-refractivity contribution is 0.243. The van der Waals surface area contributed by atoms with Crippen molar-refractivity contribution in [1.29, 1.82) is 0 Å². The van der Waals surface area contributed by atoms with Crippen LogP contribution in [0.5, 0.6) is 5.75 Å². The third kappa shape index (κ3) is 1.11. The predicted octanol–water partition coefficient (Wildman–Crippen LogP) is 1.28. The van der Waals surface area contributed by atoms with Gasteiger partial charge in [-0.1, -0.05) is 18.2 Å². The van der Waals surface area contributed by atoms with E-state index in [1.807, 2.05) is 24.3 Å². The first-order chi connectivity index (χ1) is 5.90. The third-order valence-electron chi connectivity index (χ3n) is 1.83. The Morgan fingerprint density at radius 2 is 2.33 bits per heavy atom. The van der Waals surface area contributed by atoms with Gasteiger partial charge in [-0.25, -0.2) is 4.79 Å². The van der Waals surface area contributed by atoms with Crippen LogP contribution in [0.4, 0.5) is 0 Å². The molecular weight excluding hydrogens is 154 g/mol. The fraction of sp³-hybridized carbons (Fsp3) is 0.222. The Bertz CT molecular complexity index is 317. The molecule has 0 aliphatic carbocycles. The van der Waals surface area contributed by atoms with Gasteiger partial charge in [-0.2, -0.15) is 4.99 Å². The lowest BCUT2D eigenvalue weighted by Crippen LogP contribution is -2.08. The van der Waals surface area contributed by atoms with Gasteiger partial charge in [0.2, 0.25) is 12.3 Å². The van der Waals surface area contributed by atoms with Gasteiger partial charge >= 0.3 is 0 Å². The Hall–Kier alpha value is -1.60. The van der Waals surface area contributed by atoms with Crippen LogP contribution in [0.15, 0.2) is 29.3 Å². The highest BCUT2D eigenvalue weighted by atomic mass is 16.5. The lowest BCUT2D eigenvalue weighted by atomic mass is 10.2. The Kier molecular flexibility index (Phi) is 1.65. The molecule has 12 heavy (non-hydrogen) atoms. The molecule has 2 rings (SSSR count). The van der Waals surface area contributed by atoms with Crippen molar-refractivity contribution in [3.05, 3.63) is 29.8 Å². The highest BCUT2D eigenvalue weighted by molar-refractivity contribution is 5.39. The van der Waals surface area contributed by atoms with Crippen LogP contribution in [0.25, 0.3) is 0 Å². The van der Waals surface area contributed by atoms with Crippen molar-refractivity contribution >= 4 is 6.08 Å². The number of nitrogens with zero attached hydrogens (tertiary/aromatic N) is 1. The fourth-order valence-corrected chi connectivity index (χ4v) is 1.29. The minimum atomic E-state index is -0.361. The Balaban J connectivity index is 2.27. The van der Waals surface area contributed by atoms with Crippen molar-refractivity contribution in [1.82, 2.24) is 0 Å². The first kappa shape index (κ1) is 7.07. The SMILES string of the molecule is O=C=NC1Cc2ccccc2O1. The average Bonchev–Trinajstić information content (AvgIpc) is 2.47. The van der Waals surface area contributed by atoms with Crippen LogP contribution < -0.4 is 4.74 Å². The summed E-state index contributed by atoms with van der Waals surface area (Å²) < 4.78 is 5.32. The molecule has 0 bridgehead atoms. The van der Waals surface area contributed by atoms with Crippen LogP contribution >= 0.6 is 0 Å². The topological polar surface area (TPSA) is 38.7 Å². The molecule has 0 N–H and O–H groups in total. The summed E-state index contributed by atoms with van der Waals surface area (Å²) in [6, 6.07) is 7.67. The number of ether oxygens (including phenoxy) is 1. The molecule has 3 nitrogen and oxygen atoms in total. The second-order valence-corrected chi connectivity index (χ2v) is 2.60. The molecule has 1 aromatic carbocycles. The van der Waals surface area contributed by atoms with E-state index in [1.165, 1.54) is 6.08 Å². The maximum Gasteiger partial charge on any atom is 0.238 e. The van der Waals surface area contributed by atoms with Crippen molar-refractivity contribution in [3.63, 3.8) is 0 Å². The molecule has 0 aromatic heterocycles. The van der Waals surface area contributed by atoms with E-state index in [1.54, 1.807) is 0 Å². The molecule has 1 atom stereocenters. The van der Waals surface area contributed by atoms with Crippen LogP contribution in [0.2, 0.25) is 0 Å². The summed E-state index contributed by atoms with van der Waals surface area (Å²) in [4.78, 5) is 13.5. The minimum absolute atomic E-state index is 0.361. The first-order valence-electron chi connectivity index (χ1n) is 3.71. The van der Waals surface area contributed by atoms with Crippen molar-refractivity contribution in [2.75, 3.05) is 0 Å². The minimum Gasteiger partial charge on any atom is -0.467 e. The van der Waals surface area contributed by atoms with Gasteiger partial charge in [-0.3, -0.25) is 0 Å². The molecule has 0 saturated carbocycles. The molecule has 1 aliphatic rings. The number of fused-ring (bicyclic) bond motifs is 1. The molecule has 1 unspecified atom stereocenters. The van der Waals surface area contributed by atoms with E-state index in [0.29, 0.717) is 6.42 Å². The summed E-state index contributed by atoms with van der Waals surface area (Å²) in [5.74, 6) is 0.821. The maximum atomic E-state index is 9.94. The molecule has 3 heteroatoms. The van der Waals surface area contributed by atoms with Crippen LogP contribution in [-0.2, 0) is 11.2 Å². The van der Waals surface area contributed by atoms with E-state index in [9.17, 15) is 4.79 Å². The Labute approximate surface area is 69.7 Å². The predicted molar refractivity (Wildman–Crippen MR) is 42.7 cm³/mol. The van der Waals surface area contributed by atoms with E-state index < -0.39 is 0 Å². The van der Waals surface area contributed by atoms with Crippen LogP contribution in [0.3, 0.4) is 0 Å². The molecule has 0 fully saturated rings. The maximum absolute atomic E-state index is 9.94. The molecule has 0 spiro atoms. The molecule has 0 amide bonds. The van der Waals surface area contributed by atoms with E-state index in [2.05, 4.69) is 4.99 Å². The molecule has 60 valence electrons. The summed E-state index contributed by atoms with van der Waals surface area (Å²) in [7, 11) is 0. The normalized spacial score (nSPS) is 19.2. The molecular formula is C9H7NO2. The Morgan fingerprint density at radius 1 is 1.50 bits per heavy atom. The van der Waals surface area contributed by atoms with E-state index >= 15 is 0 Å². The fourth-order valence-electron chi connectivity index (χ4n) is 1.29. The van der Waals surface area contributed by atoms with Crippen molar-refractivity contribution in [2.45, 2.75) is 12.6 Å². The second kappa shape index (κ2) is 2.80. The summed E-state index contributed by atoms with van der Waals surface area (Å²) in [5.41, 5.74) is 1.10. The van der Waals surface area contributed by atoms with Crippen molar-refractivity contribution in [2.24, 2.45) is 4.99 Å². The number of hydrogen-bond donors (Lipinski definition) is 0. The number of isocyanates is 1. The first-order valence-corrected chi connectivity index (χ1v) is 3.71. The van der Waals surface area contributed by atoms with E-state index in [4.69, 9.17) is 4.74 Å². The number of rotatable bonds is 1. The van der Waals surface area contributed by atoms with E-state index in [-0.39, 0.29) is 6.23 Å². The molecule has 1 aromatic rings. The molecule has 0 radical (unpaired) electrons. The summed E-state index contributed by atoms with van der Waals surface area (Å²) in [5, 5.41) is 0. The quantitative estimate of drug-likeness (QED) is 0.459. The van der Waals surface area contributed by atoms with Gasteiger partial charge in [0.25, 0.3) is 0 Å². The Morgan fingerprint density at radius 3 is 3.08 bits per heavy atom. The van der Waals surface area contributed by atoms with Gasteiger partial charge in [0.05, 0.1) is 0 Å². The van der Waals surface area contributed by atoms with Gasteiger partial charge in [0.15, 0.2) is 0 Å². The molecule has 0 saturated heterocycles. The van der Waals surface area contributed by atoms with Crippen LogP contribution in [0.1, 0.15) is 5.56 Å². The standard InChI is InChI=1S/C9H7NO2/c11-6-10-9-5-7-3-1-2-4-8(7)12-9/h1-4,9H,5H2. The smallest absolute Gasteiger partial charge is 0.238 e. The highest BCUT2D eigenvalue weighted by Crippen LogP contribution is 2.28. The summed E-state index contributed by atoms with van der Waals surface area (Å²) in [6.45, 7) is 0. The van der Waals surface area contributed by atoms with Gasteiger partial charge in [-0.15, -0.1) is 0 Å². The number of para-hydroxylation sites is 1. The number of aliphatic imine (C=N–C) groups is 1. The number of benzene rings is 1. The van der Waals surface area contributed by atoms with Gasteiger partial charge in [-0.05, 0) is 11.6 Å². The van der Waals surface area contributed by atoms with E-state index in [0.717, 1.165) is 11.3 Å². The van der Waals surface area contributed by atoms with Crippen molar-refractivity contribution in [3.8, 4) is 5.75 Å². The summed E-state index contributed by atoms with van der Waals surface area (Å²) in [6.07, 6.45) is 1.81.